The average Bonchev–Trinajstić information content (AvgIpc) is 3.09. The number of aromatic nitrogens is 4. The van der Waals surface area contributed by atoms with Crippen molar-refractivity contribution in [2.24, 2.45) is 0 Å². The topological polar surface area (TPSA) is 90.0 Å². The van der Waals surface area contributed by atoms with Gasteiger partial charge in [0, 0.05) is 51.0 Å². The van der Waals surface area contributed by atoms with E-state index in [0.717, 1.165) is 24.3 Å². The summed E-state index contributed by atoms with van der Waals surface area (Å²) < 4.78 is 69.2. The molecule has 2 aromatic heterocycles. The Morgan fingerprint density at radius 3 is 1.40 bits per heavy atom. The molecule has 0 saturated heterocycles. The number of nitrogens with one attached hydrogen (secondary N) is 1. The Hall–Kier alpha value is -4.97. The van der Waals surface area contributed by atoms with Gasteiger partial charge < -0.3 is 9.47 Å². The summed E-state index contributed by atoms with van der Waals surface area (Å²) in [4.78, 5) is 12.4. The van der Waals surface area contributed by atoms with Gasteiger partial charge in [-0.15, -0.1) is 5.10 Å². The standard InChI is InChI=1S/C19H14Cl2F2N2O.C19H15ClF2N2O2/c1-3-26-13-8-14(22)17(15(23)9-13)18-16(10(2)24-25-19(18)21)11-4-6-12(20)7-5-11;1-3-26-13-8-14(21)17(15(22)9-13)18-16(10(2)23-24-19(18)25)11-4-6-12(20)7-5-11/h4-9H,3H2,1-2H3;4-9H,3H2,1-2H3,(H,24,25). The van der Waals surface area contributed by atoms with E-state index in [-0.39, 0.29) is 39.9 Å². The third-order valence-corrected chi connectivity index (χ3v) is 8.46. The maximum atomic E-state index is 14.7. The van der Waals surface area contributed by atoms with Crippen LogP contribution in [0.2, 0.25) is 15.2 Å². The highest BCUT2D eigenvalue weighted by Crippen LogP contribution is 2.42. The zero-order valence-electron chi connectivity index (χ0n) is 28.1. The van der Waals surface area contributed by atoms with Crippen LogP contribution < -0.4 is 15.0 Å². The summed E-state index contributed by atoms with van der Waals surface area (Å²) in [6.45, 7) is 7.34. The first-order valence-corrected chi connectivity index (χ1v) is 16.9. The predicted molar refractivity (Wildman–Crippen MR) is 195 cm³/mol. The lowest BCUT2D eigenvalue weighted by molar-refractivity contribution is 0.336. The molecule has 14 heteroatoms. The van der Waals surface area contributed by atoms with Gasteiger partial charge in [0.25, 0.3) is 5.56 Å². The van der Waals surface area contributed by atoms with Gasteiger partial charge in [-0.1, -0.05) is 59.1 Å². The predicted octanol–water partition coefficient (Wildman–Crippen LogP) is 10.8. The van der Waals surface area contributed by atoms with Gasteiger partial charge >= 0.3 is 0 Å². The number of ether oxygens (including phenoxy) is 2. The summed E-state index contributed by atoms with van der Waals surface area (Å²) in [6, 6.07) is 17.8. The molecular formula is C38H29Cl3F4N4O3. The highest BCUT2D eigenvalue weighted by atomic mass is 35.5. The maximum Gasteiger partial charge on any atom is 0.272 e. The van der Waals surface area contributed by atoms with Crippen molar-refractivity contribution in [3.8, 4) is 56.0 Å². The van der Waals surface area contributed by atoms with Crippen LogP contribution in [0.5, 0.6) is 11.5 Å². The minimum Gasteiger partial charge on any atom is -0.494 e. The van der Waals surface area contributed by atoms with Crippen molar-refractivity contribution in [2.45, 2.75) is 27.7 Å². The molecule has 6 rings (SSSR count). The lowest BCUT2D eigenvalue weighted by atomic mass is 9.94. The highest BCUT2D eigenvalue weighted by molar-refractivity contribution is 6.33. The summed E-state index contributed by atoms with van der Waals surface area (Å²) >= 11 is 18.0. The molecule has 0 atom stereocenters. The molecule has 268 valence electrons. The van der Waals surface area contributed by atoms with Crippen molar-refractivity contribution in [3.05, 3.63) is 133 Å². The highest BCUT2D eigenvalue weighted by Gasteiger charge is 2.25. The van der Waals surface area contributed by atoms with E-state index in [0.29, 0.717) is 50.3 Å². The van der Waals surface area contributed by atoms with Crippen LogP contribution in [0.25, 0.3) is 44.5 Å². The van der Waals surface area contributed by atoms with E-state index in [1.807, 2.05) is 0 Å². The maximum absolute atomic E-state index is 14.7. The van der Waals surface area contributed by atoms with E-state index < -0.39 is 34.4 Å². The molecule has 52 heavy (non-hydrogen) atoms. The monoisotopic (exact) mass is 770 g/mol. The first kappa shape index (κ1) is 38.3. The molecule has 2 heterocycles. The summed E-state index contributed by atoms with van der Waals surface area (Å²) in [6.07, 6.45) is 0. The fourth-order valence-corrected chi connectivity index (χ4v) is 6.01. The molecule has 0 fully saturated rings. The van der Waals surface area contributed by atoms with Gasteiger partial charge in [-0.2, -0.15) is 10.2 Å². The van der Waals surface area contributed by atoms with Crippen LogP contribution in [0.15, 0.2) is 77.6 Å². The third-order valence-electron chi connectivity index (χ3n) is 7.69. The third kappa shape index (κ3) is 8.22. The molecule has 1 N–H and O–H groups in total. The lowest BCUT2D eigenvalue weighted by Crippen LogP contribution is -2.16. The first-order chi connectivity index (χ1) is 24.8. The van der Waals surface area contributed by atoms with Crippen LogP contribution in [0, 0.1) is 37.1 Å². The van der Waals surface area contributed by atoms with E-state index in [2.05, 4.69) is 20.4 Å². The van der Waals surface area contributed by atoms with E-state index in [4.69, 9.17) is 44.3 Å². The Labute approximate surface area is 311 Å². The van der Waals surface area contributed by atoms with E-state index in [1.54, 1.807) is 76.2 Å². The van der Waals surface area contributed by atoms with Gasteiger partial charge in [0.1, 0.15) is 34.8 Å². The van der Waals surface area contributed by atoms with Gasteiger partial charge in [-0.3, -0.25) is 4.79 Å². The largest absolute Gasteiger partial charge is 0.494 e. The van der Waals surface area contributed by atoms with Gasteiger partial charge in [0.05, 0.1) is 41.3 Å². The number of hydrogen-bond acceptors (Lipinski definition) is 6. The molecule has 4 aromatic carbocycles. The van der Waals surface area contributed by atoms with Gasteiger partial charge in [-0.25, -0.2) is 22.7 Å². The molecule has 0 aliphatic heterocycles. The Morgan fingerprint density at radius 1 is 0.577 bits per heavy atom. The van der Waals surface area contributed by atoms with E-state index in [9.17, 15) is 22.4 Å². The number of nitrogens with zero attached hydrogens (tertiary/aromatic N) is 3. The molecular weight excluding hydrogens is 743 g/mol. The van der Waals surface area contributed by atoms with Crippen molar-refractivity contribution in [2.75, 3.05) is 13.2 Å². The van der Waals surface area contributed by atoms with Crippen molar-refractivity contribution in [3.63, 3.8) is 0 Å². The molecule has 0 radical (unpaired) electrons. The first-order valence-electron chi connectivity index (χ1n) is 15.7. The second-order valence-electron chi connectivity index (χ2n) is 11.1. The van der Waals surface area contributed by atoms with Crippen molar-refractivity contribution in [1.29, 1.82) is 0 Å². The van der Waals surface area contributed by atoms with E-state index >= 15 is 0 Å². The summed E-state index contributed by atoms with van der Waals surface area (Å²) in [5, 5.41) is 15.0. The average molecular weight is 772 g/mol. The lowest BCUT2D eigenvalue weighted by Gasteiger charge is -2.15. The number of rotatable bonds is 8. The van der Waals surface area contributed by atoms with E-state index in [1.165, 1.54) is 0 Å². The Morgan fingerprint density at radius 2 is 0.981 bits per heavy atom. The normalized spacial score (nSPS) is 10.8. The number of aromatic amines is 1. The second-order valence-corrected chi connectivity index (χ2v) is 12.3. The molecule has 0 spiro atoms. The molecule has 0 saturated carbocycles. The van der Waals surface area contributed by atoms with Crippen molar-refractivity contribution in [1.82, 2.24) is 20.4 Å². The SMILES string of the molecule is CCOc1cc(F)c(-c2c(-c3ccc(Cl)cc3)c(C)n[nH]c2=O)c(F)c1.CCOc1cc(F)c(-c2c(Cl)nnc(C)c2-c2ccc(Cl)cc2)c(F)c1. The molecule has 6 aromatic rings. The molecule has 0 aliphatic rings. The minimum absolute atomic E-state index is 0.0569. The van der Waals surface area contributed by atoms with Crippen LogP contribution in [0.4, 0.5) is 17.6 Å². The van der Waals surface area contributed by atoms with Crippen LogP contribution in [-0.2, 0) is 0 Å². The second kappa shape index (κ2) is 16.6. The Kier molecular flexibility index (Phi) is 12.2. The minimum atomic E-state index is -0.889. The van der Waals surface area contributed by atoms with Crippen LogP contribution in [-0.4, -0.2) is 33.6 Å². The number of benzene rings is 4. The van der Waals surface area contributed by atoms with Gasteiger partial charge in [-0.05, 0) is 63.1 Å². The Balaban J connectivity index is 0.000000201. The van der Waals surface area contributed by atoms with Crippen molar-refractivity contribution >= 4 is 34.8 Å². The number of hydrogen-bond donors (Lipinski definition) is 1. The molecule has 0 bridgehead atoms. The van der Waals surface area contributed by atoms with Crippen molar-refractivity contribution < 1.29 is 27.0 Å². The smallest absolute Gasteiger partial charge is 0.272 e. The number of halogens is 7. The van der Waals surface area contributed by atoms with Gasteiger partial charge in [0.2, 0.25) is 0 Å². The molecule has 0 aliphatic carbocycles. The fraction of sp³-hybridized carbons (Fsp3) is 0.158. The molecule has 7 nitrogen and oxygen atoms in total. The summed E-state index contributed by atoms with van der Waals surface area (Å²) in [7, 11) is 0. The van der Waals surface area contributed by atoms with Crippen LogP contribution >= 0.6 is 34.8 Å². The summed E-state index contributed by atoms with van der Waals surface area (Å²) in [5.74, 6) is -3.20. The van der Waals surface area contributed by atoms with Gasteiger partial charge in [0.15, 0.2) is 5.15 Å². The Bertz CT molecular complexity index is 2260. The molecule has 0 amide bonds. The van der Waals surface area contributed by atoms with Crippen LogP contribution in [0.1, 0.15) is 25.2 Å². The van der Waals surface area contributed by atoms with Crippen LogP contribution in [0.3, 0.4) is 0 Å². The quantitative estimate of drug-likeness (QED) is 0.155. The zero-order valence-corrected chi connectivity index (χ0v) is 30.3. The fourth-order valence-electron chi connectivity index (χ4n) is 5.53. The number of aryl methyl sites for hydroxylation is 2. The zero-order chi connectivity index (χ0) is 37.7. The summed E-state index contributed by atoms with van der Waals surface area (Å²) in [5.41, 5.74) is 1.61. The molecule has 0 unspecified atom stereocenters. The number of H-pyrrole nitrogens is 1.